The van der Waals surface area contributed by atoms with Gasteiger partial charge in [-0.2, -0.15) is 0 Å². The van der Waals surface area contributed by atoms with Crippen molar-refractivity contribution in [3.8, 4) is 0 Å². The maximum Gasteiger partial charge on any atom is 0.251 e. The molecule has 4 nitrogen and oxygen atoms in total. The second-order valence-electron chi connectivity index (χ2n) is 9.83. The molecule has 4 heteroatoms. The number of nitrogens with one attached hydrogen (secondary N) is 2. The van der Waals surface area contributed by atoms with E-state index < -0.39 is 0 Å². The highest BCUT2D eigenvalue weighted by atomic mass is 16.2. The summed E-state index contributed by atoms with van der Waals surface area (Å²) in [4.78, 5) is 27.8. The number of hydrogen-bond donors (Lipinski definition) is 2. The molecule has 170 valence electrons. The first-order chi connectivity index (χ1) is 15.8. The third-order valence-corrected chi connectivity index (χ3v) is 6.27. The van der Waals surface area contributed by atoms with Gasteiger partial charge >= 0.3 is 0 Å². The number of H-pyrrole nitrogens is 1. The molecule has 4 rings (SSSR count). The van der Waals surface area contributed by atoms with Gasteiger partial charge in [0, 0.05) is 29.3 Å². The molecule has 3 aromatic rings. The Labute approximate surface area is 195 Å². The third-order valence-electron chi connectivity index (χ3n) is 6.27. The highest BCUT2D eigenvalue weighted by Gasteiger charge is 2.21. The lowest BCUT2D eigenvalue weighted by molar-refractivity contribution is -0.119. The lowest BCUT2D eigenvalue weighted by Gasteiger charge is -2.20. The Balaban J connectivity index is 1.64. The van der Waals surface area contributed by atoms with Crippen LogP contribution in [0.2, 0.25) is 0 Å². The van der Waals surface area contributed by atoms with Crippen LogP contribution in [0.25, 0.3) is 5.57 Å². The molecule has 0 bridgehead atoms. The molecule has 1 amide bonds. The Kier molecular flexibility index (Phi) is 6.64. The third kappa shape index (κ3) is 5.70. The summed E-state index contributed by atoms with van der Waals surface area (Å²) in [7, 11) is 0. The number of aromatic amines is 1. The first kappa shape index (κ1) is 22.8. The summed E-state index contributed by atoms with van der Waals surface area (Å²) in [5.41, 5.74) is 5.99. The van der Waals surface area contributed by atoms with Crippen LogP contribution in [0.1, 0.15) is 61.6 Å². The van der Waals surface area contributed by atoms with E-state index in [2.05, 4.69) is 73.5 Å². The van der Waals surface area contributed by atoms with Gasteiger partial charge in [0.25, 0.3) is 5.56 Å². The molecule has 33 heavy (non-hydrogen) atoms. The molecule has 0 unspecified atom stereocenters. The molecular weight excluding hydrogens is 408 g/mol. The minimum Gasteiger partial charge on any atom is -0.350 e. The number of amides is 1. The maximum atomic E-state index is 12.9. The molecular formula is C29H32N2O2. The molecule has 1 saturated heterocycles. The molecule has 2 aromatic carbocycles. The predicted octanol–water partition coefficient (Wildman–Crippen LogP) is 5.17. The summed E-state index contributed by atoms with van der Waals surface area (Å²) in [5.74, 6) is 0.0726. The first-order valence-electron chi connectivity index (χ1n) is 11.7. The van der Waals surface area contributed by atoms with Crippen LogP contribution < -0.4 is 10.9 Å². The SMILES string of the molecule is CC(C)(C)c1ccc(C(=C[C@H]2CCC(=O)N2)c2ccc(CCc3ccccc3)c(=O)[nH]2)cc1. The van der Waals surface area contributed by atoms with Crippen LogP contribution in [-0.4, -0.2) is 16.9 Å². The zero-order chi connectivity index (χ0) is 23.4. The Bertz CT molecular complexity index is 1200. The Hall–Kier alpha value is -3.40. The van der Waals surface area contributed by atoms with Gasteiger partial charge in [0.05, 0.1) is 0 Å². The molecule has 1 atom stereocenters. The van der Waals surface area contributed by atoms with Gasteiger partial charge in [0.1, 0.15) is 0 Å². The largest absolute Gasteiger partial charge is 0.350 e. The topological polar surface area (TPSA) is 62.0 Å². The van der Waals surface area contributed by atoms with Crippen LogP contribution in [0.3, 0.4) is 0 Å². The van der Waals surface area contributed by atoms with Gasteiger partial charge in [0.2, 0.25) is 5.91 Å². The number of carbonyl (C=O) groups is 1. The lowest BCUT2D eigenvalue weighted by Crippen LogP contribution is -2.24. The lowest BCUT2D eigenvalue weighted by atomic mass is 9.86. The van der Waals surface area contributed by atoms with Crippen LogP contribution in [0.15, 0.2) is 77.6 Å². The quantitative estimate of drug-likeness (QED) is 0.556. The van der Waals surface area contributed by atoms with Crippen LogP contribution in [0.4, 0.5) is 0 Å². The zero-order valence-electron chi connectivity index (χ0n) is 19.7. The van der Waals surface area contributed by atoms with Crippen molar-refractivity contribution in [2.75, 3.05) is 0 Å². The van der Waals surface area contributed by atoms with Crippen LogP contribution in [0, 0.1) is 0 Å². The van der Waals surface area contributed by atoms with Gasteiger partial charge < -0.3 is 10.3 Å². The van der Waals surface area contributed by atoms with Crippen molar-refractivity contribution >= 4 is 11.5 Å². The van der Waals surface area contributed by atoms with Crippen molar-refractivity contribution in [3.05, 3.63) is 111 Å². The maximum absolute atomic E-state index is 12.9. The van der Waals surface area contributed by atoms with Crippen LogP contribution >= 0.6 is 0 Å². The second kappa shape index (κ2) is 9.62. The smallest absolute Gasteiger partial charge is 0.251 e. The van der Waals surface area contributed by atoms with Crippen LogP contribution in [0.5, 0.6) is 0 Å². The molecule has 1 aliphatic heterocycles. The van der Waals surface area contributed by atoms with Gasteiger partial charge in [-0.25, -0.2) is 0 Å². The normalized spacial score (nSPS) is 16.6. The van der Waals surface area contributed by atoms with Gasteiger partial charge in [-0.3, -0.25) is 9.59 Å². The fraction of sp³-hybridized carbons (Fsp3) is 0.310. The van der Waals surface area contributed by atoms with Gasteiger partial charge in [0.15, 0.2) is 0 Å². The van der Waals surface area contributed by atoms with E-state index in [1.807, 2.05) is 30.3 Å². The fourth-order valence-corrected chi connectivity index (χ4v) is 4.24. The van der Waals surface area contributed by atoms with Gasteiger partial charge in [-0.05, 0) is 47.4 Å². The first-order valence-corrected chi connectivity index (χ1v) is 11.7. The van der Waals surface area contributed by atoms with Crippen molar-refractivity contribution in [3.63, 3.8) is 0 Å². The molecule has 0 saturated carbocycles. The van der Waals surface area contributed by atoms with E-state index in [1.54, 1.807) is 0 Å². The molecule has 1 fully saturated rings. The Morgan fingerprint density at radius 2 is 1.67 bits per heavy atom. The molecule has 0 radical (unpaired) electrons. The van der Waals surface area contributed by atoms with E-state index in [-0.39, 0.29) is 22.9 Å². The number of aryl methyl sites for hydroxylation is 2. The minimum atomic E-state index is -0.0592. The van der Waals surface area contributed by atoms with E-state index in [0.29, 0.717) is 12.8 Å². The zero-order valence-corrected chi connectivity index (χ0v) is 19.7. The summed E-state index contributed by atoms with van der Waals surface area (Å²) in [6.07, 6.45) is 4.89. The van der Waals surface area contributed by atoms with Crippen molar-refractivity contribution < 1.29 is 4.79 Å². The highest BCUT2D eigenvalue weighted by molar-refractivity contribution is 5.82. The fourth-order valence-electron chi connectivity index (χ4n) is 4.24. The number of rotatable bonds is 6. The number of pyridine rings is 1. The van der Waals surface area contributed by atoms with Crippen molar-refractivity contribution in [1.29, 1.82) is 0 Å². The minimum absolute atomic E-state index is 0.0314. The monoisotopic (exact) mass is 440 g/mol. The second-order valence-corrected chi connectivity index (χ2v) is 9.83. The number of benzene rings is 2. The molecule has 0 aliphatic carbocycles. The molecule has 2 N–H and O–H groups in total. The summed E-state index contributed by atoms with van der Waals surface area (Å²) >= 11 is 0. The standard InChI is InChI=1S/C29H32N2O2/c1-29(2,3)23-14-11-21(12-15-23)25(19-24-16-18-27(32)30-24)26-17-13-22(28(33)31-26)10-9-20-7-5-4-6-8-20/h4-8,11-15,17,19,24H,9-10,16,18H2,1-3H3,(H,30,32)(H,31,33)/t24-/m1/s1. The van der Waals surface area contributed by atoms with Crippen molar-refractivity contribution in [1.82, 2.24) is 10.3 Å². The average molecular weight is 441 g/mol. The van der Waals surface area contributed by atoms with E-state index in [0.717, 1.165) is 35.2 Å². The number of aromatic nitrogens is 1. The molecule has 0 spiro atoms. The predicted molar refractivity (Wildman–Crippen MR) is 134 cm³/mol. The number of hydrogen-bond acceptors (Lipinski definition) is 2. The average Bonchev–Trinajstić information content (AvgIpc) is 3.21. The number of carbonyl (C=O) groups excluding carboxylic acids is 1. The van der Waals surface area contributed by atoms with E-state index in [9.17, 15) is 9.59 Å². The summed E-state index contributed by atoms with van der Waals surface area (Å²) in [5, 5.41) is 3.02. The Morgan fingerprint density at radius 3 is 2.27 bits per heavy atom. The molecule has 1 aliphatic rings. The van der Waals surface area contributed by atoms with Gasteiger partial charge in [-0.1, -0.05) is 87.5 Å². The van der Waals surface area contributed by atoms with Crippen molar-refractivity contribution in [2.24, 2.45) is 0 Å². The molecule has 1 aromatic heterocycles. The van der Waals surface area contributed by atoms with E-state index in [4.69, 9.17) is 0 Å². The highest BCUT2D eigenvalue weighted by Crippen LogP contribution is 2.28. The summed E-state index contributed by atoms with van der Waals surface area (Å²) < 4.78 is 0. The summed E-state index contributed by atoms with van der Waals surface area (Å²) in [6, 6.07) is 22.6. The summed E-state index contributed by atoms with van der Waals surface area (Å²) in [6.45, 7) is 6.58. The Morgan fingerprint density at radius 1 is 0.939 bits per heavy atom. The molecule has 2 heterocycles. The van der Waals surface area contributed by atoms with Crippen molar-refractivity contribution in [2.45, 2.75) is 57.9 Å². The van der Waals surface area contributed by atoms with Gasteiger partial charge in [-0.15, -0.1) is 0 Å². The van der Waals surface area contributed by atoms with E-state index >= 15 is 0 Å². The van der Waals surface area contributed by atoms with E-state index in [1.165, 1.54) is 11.1 Å². The van der Waals surface area contributed by atoms with Crippen LogP contribution in [-0.2, 0) is 23.1 Å².